The zero-order valence-electron chi connectivity index (χ0n) is 8.25. The number of hydrogen-bond donors (Lipinski definition) is 1. The first-order chi connectivity index (χ1) is 6.92. The van der Waals surface area contributed by atoms with Crippen molar-refractivity contribution >= 4 is 0 Å². The fourth-order valence-electron chi connectivity index (χ4n) is 1.78. The Hall–Kier alpha value is -1.28. The lowest BCUT2D eigenvalue weighted by Crippen LogP contribution is -2.24. The Morgan fingerprint density at radius 2 is 2.43 bits per heavy atom. The highest BCUT2D eigenvalue weighted by Crippen LogP contribution is 2.24. The summed E-state index contributed by atoms with van der Waals surface area (Å²) in [5.41, 5.74) is 2.71. The van der Waals surface area contributed by atoms with Gasteiger partial charge in [-0.1, -0.05) is 24.8 Å². The van der Waals surface area contributed by atoms with Crippen LogP contribution in [0.2, 0.25) is 0 Å². The molecule has 0 radical (unpaired) electrons. The van der Waals surface area contributed by atoms with Crippen molar-refractivity contribution in [3.05, 3.63) is 42.0 Å². The van der Waals surface area contributed by atoms with Crippen molar-refractivity contribution in [2.45, 2.75) is 13.0 Å². The summed E-state index contributed by atoms with van der Waals surface area (Å²) in [5.74, 6) is 1.02. The van der Waals surface area contributed by atoms with Crippen LogP contribution in [0.5, 0.6) is 5.75 Å². The molecule has 0 fully saturated rings. The highest BCUT2D eigenvalue weighted by atomic mass is 16.5. The molecule has 0 aliphatic carbocycles. The Morgan fingerprint density at radius 1 is 1.50 bits per heavy atom. The van der Waals surface area contributed by atoms with E-state index in [2.05, 4.69) is 18.0 Å². The van der Waals surface area contributed by atoms with Gasteiger partial charge in [-0.2, -0.15) is 0 Å². The van der Waals surface area contributed by atoms with Crippen LogP contribution in [0.3, 0.4) is 0 Å². The fraction of sp³-hybridized carbons (Fsp3) is 0.333. The van der Waals surface area contributed by atoms with Gasteiger partial charge in [0.2, 0.25) is 0 Å². The number of nitrogens with one attached hydrogen (secondary N) is 1. The Morgan fingerprint density at radius 3 is 3.29 bits per heavy atom. The molecule has 74 valence electrons. The Bertz CT molecular complexity index is 333. The van der Waals surface area contributed by atoms with Crippen molar-refractivity contribution in [1.29, 1.82) is 0 Å². The molecule has 0 saturated heterocycles. The quantitative estimate of drug-likeness (QED) is 0.733. The summed E-state index contributed by atoms with van der Waals surface area (Å²) >= 11 is 0. The number of rotatable bonds is 3. The molecule has 0 atom stereocenters. The third-order valence-electron chi connectivity index (χ3n) is 2.45. The maximum atomic E-state index is 5.61. The van der Waals surface area contributed by atoms with Crippen molar-refractivity contribution < 1.29 is 4.74 Å². The van der Waals surface area contributed by atoms with E-state index in [1.807, 2.05) is 12.1 Å². The van der Waals surface area contributed by atoms with Crippen LogP contribution in [-0.4, -0.2) is 13.2 Å². The van der Waals surface area contributed by atoms with Crippen LogP contribution >= 0.6 is 0 Å². The van der Waals surface area contributed by atoms with Crippen LogP contribution in [0.4, 0.5) is 0 Å². The lowest BCUT2D eigenvalue weighted by Gasteiger charge is -2.19. The van der Waals surface area contributed by atoms with E-state index in [0.29, 0.717) is 6.61 Å². The van der Waals surface area contributed by atoms with E-state index in [0.717, 1.165) is 25.3 Å². The first-order valence-corrected chi connectivity index (χ1v) is 4.97. The lowest BCUT2D eigenvalue weighted by atomic mass is 10.0. The molecular formula is C12H15NO. The minimum Gasteiger partial charge on any atom is -0.489 e. The molecule has 1 aromatic rings. The summed E-state index contributed by atoms with van der Waals surface area (Å²) < 4.78 is 5.61. The minimum atomic E-state index is 0.587. The highest BCUT2D eigenvalue weighted by Gasteiger charge is 2.12. The van der Waals surface area contributed by atoms with Gasteiger partial charge in [0.15, 0.2) is 0 Å². The van der Waals surface area contributed by atoms with Gasteiger partial charge in [-0.05, 0) is 30.2 Å². The van der Waals surface area contributed by atoms with Crippen LogP contribution in [0.15, 0.2) is 30.9 Å². The monoisotopic (exact) mass is 189 g/mol. The predicted molar refractivity (Wildman–Crippen MR) is 57.5 cm³/mol. The smallest absolute Gasteiger partial charge is 0.123 e. The van der Waals surface area contributed by atoms with E-state index in [-0.39, 0.29) is 0 Å². The zero-order valence-corrected chi connectivity index (χ0v) is 8.25. The highest BCUT2D eigenvalue weighted by molar-refractivity contribution is 5.41. The number of ether oxygens (including phenoxy) is 1. The van der Waals surface area contributed by atoms with Gasteiger partial charge in [0.25, 0.3) is 0 Å². The summed E-state index contributed by atoms with van der Waals surface area (Å²) in [6.45, 7) is 6.24. The van der Waals surface area contributed by atoms with Gasteiger partial charge in [0.05, 0.1) is 0 Å². The second-order valence-electron chi connectivity index (χ2n) is 3.42. The molecule has 2 heteroatoms. The van der Waals surface area contributed by atoms with E-state index in [1.54, 1.807) is 6.08 Å². The van der Waals surface area contributed by atoms with E-state index in [1.165, 1.54) is 11.1 Å². The standard InChI is InChI=1S/C12H15NO/c1-2-8-14-12-5-3-4-10-9-13-7-6-11(10)12/h2-5,13H,1,6-9H2. The molecule has 1 N–H and O–H groups in total. The molecule has 1 aromatic carbocycles. The predicted octanol–water partition coefficient (Wildman–Crippen LogP) is 1.90. The Labute approximate surface area is 84.6 Å². The molecule has 0 aromatic heterocycles. The number of hydrogen-bond acceptors (Lipinski definition) is 2. The maximum Gasteiger partial charge on any atom is 0.123 e. The van der Waals surface area contributed by atoms with E-state index < -0.39 is 0 Å². The molecule has 2 rings (SSSR count). The van der Waals surface area contributed by atoms with Crippen LogP contribution in [-0.2, 0) is 13.0 Å². The van der Waals surface area contributed by atoms with Crippen LogP contribution in [0.25, 0.3) is 0 Å². The van der Waals surface area contributed by atoms with E-state index in [9.17, 15) is 0 Å². The third-order valence-corrected chi connectivity index (χ3v) is 2.45. The largest absolute Gasteiger partial charge is 0.489 e. The van der Waals surface area contributed by atoms with Gasteiger partial charge in [-0.3, -0.25) is 0 Å². The molecule has 1 heterocycles. The van der Waals surface area contributed by atoms with E-state index in [4.69, 9.17) is 4.74 Å². The first-order valence-electron chi connectivity index (χ1n) is 4.97. The summed E-state index contributed by atoms with van der Waals surface area (Å²) in [6.07, 6.45) is 2.84. The summed E-state index contributed by atoms with van der Waals surface area (Å²) in [4.78, 5) is 0. The third kappa shape index (κ3) is 1.80. The molecule has 1 aliphatic rings. The molecule has 0 amide bonds. The van der Waals surface area contributed by atoms with Crippen molar-refractivity contribution in [2.24, 2.45) is 0 Å². The van der Waals surface area contributed by atoms with Gasteiger partial charge >= 0.3 is 0 Å². The minimum absolute atomic E-state index is 0.587. The second kappa shape index (κ2) is 4.29. The molecule has 0 saturated carbocycles. The van der Waals surface area contributed by atoms with Crippen molar-refractivity contribution in [3.8, 4) is 5.75 Å². The van der Waals surface area contributed by atoms with Gasteiger partial charge in [-0.15, -0.1) is 0 Å². The van der Waals surface area contributed by atoms with Crippen molar-refractivity contribution in [1.82, 2.24) is 5.32 Å². The molecule has 1 aliphatic heterocycles. The van der Waals surface area contributed by atoms with Gasteiger partial charge < -0.3 is 10.1 Å². The summed E-state index contributed by atoms with van der Waals surface area (Å²) in [6, 6.07) is 6.24. The van der Waals surface area contributed by atoms with Crippen molar-refractivity contribution in [3.63, 3.8) is 0 Å². The van der Waals surface area contributed by atoms with Gasteiger partial charge in [0.1, 0.15) is 12.4 Å². The summed E-state index contributed by atoms with van der Waals surface area (Å²) in [7, 11) is 0. The first kappa shape index (κ1) is 9.28. The molecule has 14 heavy (non-hydrogen) atoms. The summed E-state index contributed by atoms with van der Waals surface area (Å²) in [5, 5.41) is 3.35. The topological polar surface area (TPSA) is 21.3 Å². The molecule has 2 nitrogen and oxygen atoms in total. The second-order valence-corrected chi connectivity index (χ2v) is 3.42. The number of benzene rings is 1. The lowest BCUT2D eigenvalue weighted by molar-refractivity contribution is 0.356. The van der Waals surface area contributed by atoms with Crippen LogP contribution in [0.1, 0.15) is 11.1 Å². The normalized spacial score (nSPS) is 14.6. The van der Waals surface area contributed by atoms with Crippen molar-refractivity contribution in [2.75, 3.05) is 13.2 Å². The van der Waals surface area contributed by atoms with Gasteiger partial charge in [-0.25, -0.2) is 0 Å². The molecule has 0 spiro atoms. The average molecular weight is 189 g/mol. The SMILES string of the molecule is C=CCOc1cccc2c1CCNC2. The number of fused-ring (bicyclic) bond motifs is 1. The molecule has 0 bridgehead atoms. The van der Waals surface area contributed by atoms with Gasteiger partial charge in [0, 0.05) is 6.54 Å². The average Bonchev–Trinajstić information content (AvgIpc) is 2.26. The van der Waals surface area contributed by atoms with Crippen LogP contribution in [0, 0.1) is 0 Å². The maximum absolute atomic E-state index is 5.61. The molecular weight excluding hydrogens is 174 g/mol. The Balaban J connectivity index is 2.25. The van der Waals surface area contributed by atoms with Crippen LogP contribution < -0.4 is 10.1 Å². The molecule has 0 unspecified atom stereocenters. The van der Waals surface area contributed by atoms with E-state index >= 15 is 0 Å². The zero-order chi connectivity index (χ0) is 9.80. The Kier molecular flexibility index (Phi) is 2.84. The fourth-order valence-corrected chi connectivity index (χ4v) is 1.78.